The van der Waals surface area contributed by atoms with Crippen molar-refractivity contribution >= 4 is 23.2 Å². The average molecular weight is 189 g/mol. The van der Waals surface area contributed by atoms with E-state index in [-0.39, 0.29) is 0 Å². The number of nitrogens with two attached hydrogens (primary N) is 1. The Balaban J connectivity index is 3.96. The van der Waals surface area contributed by atoms with Crippen molar-refractivity contribution in [1.82, 2.24) is 0 Å². The molecule has 0 saturated heterocycles. The number of aliphatic carboxylic acids is 1. The van der Waals surface area contributed by atoms with Crippen LogP contribution in [0.5, 0.6) is 0 Å². The van der Waals surface area contributed by atoms with Crippen LogP contribution in [0.15, 0.2) is 10.2 Å². The zero-order valence-electron chi connectivity index (χ0n) is 6.73. The molecule has 0 heterocycles. The molecule has 0 rings (SSSR count). The summed E-state index contributed by atoms with van der Waals surface area (Å²) in [6, 6.07) is -0.823. The summed E-state index contributed by atoms with van der Waals surface area (Å²) >= 11 is 4.60. The van der Waals surface area contributed by atoms with Crippen LogP contribution in [0.4, 0.5) is 0 Å². The molecule has 0 radical (unpaired) electrons. The monoisotopic (exact) mass is 189 g/mol. The first-order valence-electron chi connectivity index (χ1n) is 3.38. The van der Waals surface area contributed by atoms with Gasteiger partial charge in [0.25, 0.3) is 0 Å². The molecule has 1 atom stereocenters. The minimum absolute atomic E-state index is 0.299. The third-order valence-electron chi connectivity index (χ3n) is 1.20. The Morgan fingerprint density at radius 1 is 1.75 bits per heavy atom. The van der Waals surface area contributed by atoms with Crippen LogP contribution < -0.4 is 5.73 Å². The van der Waals surface area contributed by atoms with Gasteiger partial charge in [0.05, 0.1) is 4.99 Å². The summed E-state index contributed by atoms with van der Waals surface area (Å²) in [5.41, 5.74) is 5.20. The van der Waals surface area contributed by atoms with Gasteiger partial charge in [-0.15, -0.1) is 0 Å². The van der Waals surface area contributed by atoms with Crippen molar-refractivity contribution in [2.45, 2.75) is 18.9 Å². The highest BCUT2D eigenvalue weighted by Gasteiger charge is 2.15. The van der Waals surface area contributed by atoms with Crippen LogP contribution in [-0.2, 0) is 4.79 Å². The van der Waals surface area contributed by atoms with E-state index in [1.165, 1.54) is 7.05 Å². The van der Waals surface area contributed by atoms with Crippen molar-refractivity contribution in [2.75, 3.05) is 7.05 Å². The Bertz CT molecular complexity index is 205. The fourth-order valence-corrected chi connectivity index (χ4v) is 0.767. The lowest BCUT2D eigenvalue weighted by atomic mass is 10.2. The molecule has 0 fully saturated rings. The first-order chi connectivity index (χ1) is 5.57. The van der Waals surface area contributed by atoms with Crippen molar-refractivity contribution in [3.8, 4) is 0 Å². The van der Waals surface area contributed by atoms with Crippen molar-refractivity contribution in [1.29, 1.82) is 0 Å². The number of carboxylic acids is 1. The largest absolute Gasteiger partial charge is 0.480 e. The molecule has 5 nitrogen and oxygen atoms in total. The van der Waals surface area contributed by atoms with E-state index in [0.717, 1.165) is 0 Å². The molecule has 0 aliphatic rings. The molecule has 12 heavy (non-hydrogen) atoms. The number of carboxylic acid groups (broad SMARTS) is 1. The smallest absolute Gasteiger partial charge is 0.330 e. The van der Waals surface area contributed by atoms with Crippen LogP contribution in [-0.4, -0.2) is 29.2 Å². The summed E-state index contributed by atoms with van der Waals surface area (Å²) in [6.45, 7) is 0. The summed E-state index contributed by atoms with van der Waals surface area (Å²) in [5, 5.41) is 15.5. The second-order valence-electron chi connectivity index (χ2n) is 2.17. The molecular formula is C6H11N3O2S. The van der Waals surface area contributed by atoms with Crippen LogP contribution >= 0.6 is 12.2 Å². The van der Waals surface area contributed by atoms with Gasteiger partial charge in [-0.25, -0.2) is 4.79 Å². The number of nitrogens with zero attached hydrogens (tertiary/aromatic N) is 2. The van der Waals surface area contributed by atoms with E-state index in [1.807, 2.05) is 0 Å². The molecule has 0 saturated carbocycles. The zero-order valence-corrected chi connectivity index (χ0v) is 7.54. The Hall–Kier alpha value is -1.04. The van der Waals surface area contributed by atoms with E-state index in [1.54, 1.807) is 0 Å². The molecule has 0 amide bonds. The Morgan fingerprint density at radius 2 is 2.33 bits per heavy atom. The van der Waals surface area contributed by atoms with E-state index >= 15 is 0 Å². The second-order valence-corrected chi connectivity index (χ2v) is 2.70. The third kappa shape index (κ3) is 4.73. The maximum absolute atomic E-state index is 10.5. The van der Waals surface area contributed by atoms with Gasteiger partial charge in [-0.2, -0.15) is 10.2 Å². The highest BCUT2D eigenvalue weighted by Crippen LogP contribution is 2.02. The lowest BCUT2D eigenvalue weighted by molar-refractivity contribution is -0.138. The highest BCUT2D eigenvalue weighted by atomic mass is 32.1. The lowest BCUT2D eigenvalue weighted by Gasteiger charge is -2.03. The number of rotatable bonds is 5. The molecule has 0 aliphatic heterocycles. The maximum atomic E-state index is 10.5. The molecule has 0 aromatic rings. The molecule has 0 spiro atoms. The summed E-state index contributed by atoms with van der Waals surface area (Å²) < 4.78 is 0. The predicted octanol–water partition coefficient (Wildman–Crippen LogP) is 0.588. The van der Waals surface area contributed by atoms with E-state index in [0.29, 0.717) is 17.8 Å². The first kappa shape index (κ1) is 11.0. The van der Waals surface area contributed by atoms with Gasteiger partial charge in [-0.3, -0.25) is 0 Å². The summed E-state index contributed by atoms with van der Waals surface area (Å²) in [5.74, 6) is -1.00. The SMILES string of the molecule is CN=NC(CCC(N)=S)C(=O)O. The van der Waals surface area contributed by atoms with E-state index in [2.05, 4.69) is 22.4 Å². The van der Waals surface area contributed by atoms with E-state index in [4.69, 9.17) is 10.8 Å². The molecule has 1 unspecified atom stereocenters. The first-order valence-corrected chi connectivity index (χ1v) is 3.78. The molecule has 3 N–H and O–H groups in total. The van der Waals surface area contributed by atoms with Crippen LogP contribution in [0.2, 0.25) is 0 Å². The van der Waals surface area contributed by atoms with Gasteiger partial charge in [0, 0.05) is 13.5 Å². The average Bonchev–Trinajstić information content (AvgIpc) is 1.96. The minimum Gasteiger partial charge on any atom is -0.480 e. The molecule has 6 heteroatoms. The molecule has 0 aliphatic carbocycles. The fourth-order valence-electron chi connectivity index (χ4n) is 0.649. The van der Waals surface area contributed by atoms with Crippen molar-refractivity contribution in [3.63, 3.8) is 0 Å². The molecule has 0 bridgehead atoms. The number of hydrogen-bond donors (Lipinski definition) is 2. The van der Waals surface area contributed by atoms with Gasteiger partial charge < -0.3 is 10.8 Å². The Morgan fingerprint density at radius 3 is 2.67 bits per heavy atom. The van der Waals surface area contributed by atoms with Gasteiger partial charge in [0.2, 0.25) is 0 Å². The fraction of sp³-hybridized carbons (Fsp3) is 0.667. The lowest BCUT2D eigenvalue weighted by Crippen LogP contribution is -2.20. The van der Waals surface area contributed by atoms with Crippen molar-refractivity contribution in [2.24, 2.45) is 16.0 Å². The molecule has 68 valence electrons. The van der Waals surface area contributed by atoms with Crippen LogP contribution in [0.25, 0.3) is 0 Å². The zero-order chi connectivity index (χ0) is 9.56. The maximum Gasteiger partial charge on any atom is 0.330 e. The van der Waals surface area contributed by atoms with Gasteiger partial charge in [0.15, 0.2) is 6.04 Å². The van der Waals surface area contributed by atoms with Crippen LogP contribution in [0.1, 0.15) is 12.8 Å². The van der Waals surface area contributed by atoms with Crippen LogP contribution in [0.3, 0.4) is 0 Å². The summed E-state index contributed by atoms with van der Waals surface area (Å²) in [7, 11) is 1.43. The van der Waals surface area contributed by atoms with Gasteiger partial charge in [-0.1, -0.05) is 12.2 Å². The summed E-state index contributed by atoms with van der Waals surface area (Å²) in [4.78, 5) is 10.8. The molecule has 0 aromatic carbocycles. The van der Waals surface area contributed by atoms with E-state index in [9.17, 15) is 4.79 Å². The van der Waals surface area contributed by atoms with Crippen molar-refractivity contribution in [3.05, 3.63) is 0 Å². The third-order valence-corrected chi connectivity index (χ3v) is 1.41. The minimum atomic E-state index is -1.00. The highest BCUT2D eigenvalue weighted by molar-refractivity contribution is 7.80. The number of carbonyl (C=O) groups is 1. The number of azo groups is 1. The normalized spacial score (nSPS) is 13.1. The second kappa shape index (κ2) is 5.59. The Kier molecular flexibility index (Phi) is 5.11. The quantitative estimate of drug-likeness (QED) is 0.489. The molecule has 0 aromatic heterocycles. The topological polar surface area (TPSA) is 88.0 Å². The number of thiocarbonyl (C=S) groups is 1. The number of hydrogen-bond acceptors (Lipinski definition) is 4. The van der Waals surface area contributed by atoms with E-state index < -0.39 is 12.0 Å². The predicted molar refractivity (Wildman–Crippen MR) is 48.2 cm³/mol. The summed E-state index contributed by atoms with van der Waals surface area (Å²) in [6.07, 6.45) is 0.688. The standard InChI is InChI=1S/C6H11N3O2S/c1-8-9-4(6(10)11)2-3-5(7)12/h4H,2-3H2,1H3,(H2,7,12)(H,10,11). The molecular weight excluding hydrogens is 178 g/mol. The Labute approximate surface area is 75.7 Å². The van der Waals surface area contributed by atoms with Gasteiger partial charge in [0.1, 0.15) is 0 Å². The van der Waals surface area contributed by atoms with Gasteiger partial charge >= 0.3 is 5.97 Å². The van der Waals surface area contributed by atoms with Gasteiger partial charge in [-0.05, 0) is 6.42 Å². The van der Waals surface area contributed by atoms with Crippen LogP contribution in [0, 0.1) is 0 Å². The van der Waals surface area contributed by atoms with Crippen molar-refractivity contribution < 1.29 is 9.90 Å².